The molecule has 2 fully saturated rings. The molecule has 1 amide bonds. The molecule has 0 radical (unpaired) electrons. The summed E-state index contributed by atoms with van der Waals surface area (Å²) in [6, 6.07) is 0. The molecule has 3 unspecified atom stereocenters. The van der Waals surface area contributed by atoms with Crippen LogP contribution in [0.4, 0.5) is 4.79 Å². The first-order valence-electron chi connectivity index (χ1n) is 6.12. The fraction of sp³-hybridized carbons (Fsp3) is 0.833. The van der Waals surface area contributed by atoms with Crippen molar-refractivity contribution in [2.45, 2.75) is 45.0 Å². The highest BCUT2D eigenvalue weighted by molar-refractivity contribution is 5.74. The van der Waals surface area contributed by atoms with Crippen LogP contribution in [-0.2, 0) is 14.3 Å². The Bertz CT molecular complexity index is 362. The third-order valence-corrected chi connectivity index (χ3v) is 3.11. The Balaban J connectivity index is 1.99. The number of hydrogen-bond acceptors (Lipinski definition) is 4. The van der Waals surface area contributed by atoms with Crippen molar-refractivity contribution < 1.29 is 24.2 Å². The molecule has 3 atom stereocenters. The van der Waals surface area contributed by atoms with Gasteiger partial charge in [-0.2, -0.15) is 0 Å². The molecule has 6 heteroatoms. The molecule has 2 aliphatic rings. The third kappa shape index (κ3) is 2.75. The standard InChI is InChI=1S/C12H19NO5/c1-12(2,3)18-11(16)13-5-7-4-8(6-13)17-9(7)10(14)15/h7-9H,4-6H2,1-3H3,(H,14,15). The summed E-state index contributed by atoms with van der Waals surface area (Å²) in [4.78, 5) is 24.4. The van der Waals surface area contributed by atoms with Crippen molar-refractivity contribution in [1.29, 1.82) is 0 Å². The van der Waals surface area contributed by atoms with Gasteiger partial charge in [-0.3, -0.25) is 0 Å². The Morgan fingerprint density at radius 2 is 2.00 bits per heavy atom. The Kier molecular flexibility index (Phi) is 3.23. The van der Waals surface area contributed by atoms with Gasteiger partial charge < -0.3 is 19.5 Å². The van der Waals surface area contributed by atoms with Gasteiger partial charge in [-0.25, -0.2) is 9.59 Å². The molecule has 0 aromatic carbocycles. The van der Waals surface area contributed by atoms with Crippen molar-refractivity contribution in [2.75, 3.05) is 13.1 Å². The lowest BCUT2D eigenvalue weighted by molar-refractivity contribution is -0.150. The van der Waals surface area contributed by atoms with Crippen molar-refractivity contribution in [3.8, 4) is 0 Å². The zero-order chi connectivity index (χ0) is 13.5. The van der Waals surface area contributed by atoms with Gasteiger partial charge in [0.25, 0.3) is 0 Å². The summed E-state index contributed by atoms with van der Waals surface area (Å²) in [6.45, 7) is 6.22. The molecule has 2 saturated heterocycles. The van der Waals surface area contributed by atoms with E-state index in [4.69, 9.17) is 14.6 Å². The Hall–Kier alpha value is -1.30. The number of nitrogens with zero attached hydrogens (tertiary/aromatic N) is 1. The van der Waals surface area contributed by atoms with Gasteiger partial charge in [0.15, 0.2) is 6.10 Å². The number of aliphatic carboxylic acids is 1. The number of ether oxygens (including phenoxy) is 2. The number of carbonyl (C=O) groups excluding carboxylic acids is 1. The number of piperidine rings is 1. The van der Waals surface area contributed by atoms with Crippen LogP contribution in [0.25, 0.3) is 0 Å². The molecule has 2 heterocycles. The monoisotopic (exact) mass is 257 g/mol. The number of carboxylic acid groups (broad SMARTS) is 1. The van der Waals surface area contributed by atoms with E-state index in [9.17, 15) is 9.59 Å². The van der Waals surface area contributed by atoms with Gasteiger partial charge >= 0.3 is 12.1 Å². The van der Waals surface area contributed by atoms with Gasteiger partial charge in [0.1, 0.15) is 5.60 Å². The topological polar surface area (TPSA) is 76.1 Å². The minimum absolute atomic E-state index is 0.131. The van der Waals surface area contributed by atoms with Crippen LogP contribution in [-0.4, -0.2) is 53.0 Å². The van der Waals surface area contributed by atoms with Gasteiger partial charge in [0.05, 0.1) is 12.6 Å². The molecule has 18 heavy (non-hydrogen) atoms. The van der Waals surface area contributed by atoms with Crippen molar-refractivity contribution >= 4 is 12.1 Å². The normalized spacial score (nSPS) is 31.3. The molecule has 1 N–H and O–H groups in total. The zero-order valence-electron chi connectivity index (χ0n) is 10.9. The van der Waals surface area contributed by atoms with Crippen molar-refractivity contribution in [2.24, 2.45) is 5.92 Å². The molecule has 2 rings (SSSR count). The molecule has 0 saturated carbocycles. The Morgan fingerprint density at radius 1 is 1.33 bits per heavy atom. The van der Waals surface area contributed by atoms with Crippen LogP contribution in [0.2, 0.25) is 0 Å². The fourth-order valence-corrected chi connectivity index (χ4v) is 2.46. The van der Waals surface area contributed by atoms with E-state index >= 15 is 0 Å². The first kappa shape index (κ1) is 13.1. The molecular formula is C12H19NO5. The molecule has 6 nitrogen and oxygen atoms in total. The van der Waals surface area contributed by atoms with E-state index in [1.807, 2.05) is 0 Å². The number of amides is 1. The number of hydrogen-bond donors (Lipinski definition) is 1. The van der Waals surface area contributed by atoms with Crippen molar-refractivity contribution in [3.05, 3.63) is 0 Å². The van der Waals surface area contributed by atoms with Gasteiger partial charge in [-0.1, -0.05) is 0 Å². The van der Waals surface area contributed by atoms with Gasteiger partial charge in [0.2, 0.25) is 0 Å². The molecule has 2 bridgehead atoms. The number of likely N-dealkylation sites (tertiary alicyclic amines) is 1. The quantitative estimate of drug-likeness (QED) is 0.761. The predicted molar refractivity (Wildman–Crippen MR) is 62.2 cm³/mol. The SMILES string of the molecule is CC(C)(C)OC(=O)N1CC2CC(C1)C(C(=O)O)O2. The van der Waals surface area contributed by atoms with E-state index in [0.717, 1.165) is 0 Å². The smallest absolute Gasteiger partial charge is 0.410 e. The number of rotatable bonds is 1. The maximum atomic E-state index is 11.9. The molecule has 0 aromatic rings. The second-order valence-electron chi connectivity index (χ2n) is 5.90. The van der Waals surface area contributed by atoms with Crippen molar-refractivity contribution in [1.82, 2.24) is 4.90 Å². The van der Waals surface area contributed by atoms with E-state index in [1.165, 1.54) is 0 Å². The van der Waals surface area contributed by atoms with Crippen LogP contribution in [0.15, 0.2) is 0 Å². The first-order valence-corrected chi connectivity index (χ1v) is 6.12. The second kappa shape index (κ2) is 4.42. The van der Waals surface area contributed by atoms with Gasteiger partial charge in [-0.15, -0.1) is 0 Å². The maximum Gasteiger partial charge on any atom is 0.410 e. The summed E-state index contributed by atoms with van der Waals surface area (Å²) >= 11 is 0. The maximum absolute atomic E-state index is 11.9. The van der Waals surface area contributed by atoms with Crippen LogP contribution in [0.1, 0.15) is 27.2 Å². The molecule has 0 aliphatic carbocycles. The molecule has 0 spiro atoms. The van der Waals surface area contributed by atoms with Crippen LogP contribution in [0.3, 0.4) is 0 Å². The van der Waals surface area contributed by atoms with E-state index in [2.05, 4.69) is 0 Å². The number of carboxylic acids is 1. The van der Waals surface area contributed by atoms with E-state index < -0.39 is 23.8 Å². The minimum Gasteiger partial charge on any atom is -0.479 e. The zero-order valence-corrected chi connectivity index (χ0v) is 10.9. The average Bonchev–Trinajstić information content (AvgIpc) is 2.51. The highest BCUT2D eigenvalue weighted by atomic mass is 16.6. The average molecular weight is 257 g/mol. The summed E-state index contributed by atoms with van der Waals surface area (Å²) in [5, 5.41) is 9.01. The summed E-state index contributed by atoms with van der Waals surface area (Å²) in [6.07, 6.45) is -0.664. The molecule has 2 aliphatic heterocycles. The lowest BCUT2D eigenvalue weighted by Crippen LogP contribution is -2.46. The predicted octanol–water partition coefficient (Wildman–Crippen LogP) is 1.10. The lowest BCUT2D eigenvalue weighted by atomic mass is 9.95. The van der Waals surface area contributed by atoms with Crippen molar-refractivity contribution in [3.63, 3.8) is 0 Å². The Morgan fingerprint density at radius 3 is 2.56 bits per heavy atom. The van der Waals surface area contributed by atoms with Gasteiger partial charge in [0, 0.05) is 12.5 Å². The van der Waals surface area contributed by atoms with E-state index in [1.54, 1.807) is 25.7 Å². The van der Waals surface area contributed by atoms with Crippen LogP contribution < -0.4 is 0 Å². The van der Waals surface area contributed by atoms with Crippen LogP contribution >= 0.6 is 0 Å². The molecular weight excluding hydrogens is 238 g/mol. The third-order valence-electron chi connectivity index (χ3n) is 3.11. The lowest BCUT2D eigenvalue weighted by Gasteiger charge is -2.32. The van der Waals surface area contributed by atoms with Crippen LogP contribution in [0, 0.1) is 5.92 Å². The van der Waals surface area contributed by atoms with Gasteiger partial charge in [-0.05, 0) is 27.2 Å². The second-order valence-corrected chi connectivity index (χ2v) is 5.90. The molecule has 102 valence electrons. The molecule has 0 aromatic heterocycles. The largest absolute Gasteiger partial charge is 0.479 e. The fourth-order valence-electron chi connectivity index (χ4n) is 2.46. The Labute approximate surface area is 106 Å². The highest BCUT2D eigenvalue weighted by Crippen LogP contribution is 2.33. The number of fused-ring (bicyclic) bond motifs is 2. The summed E-state index contributed by atoms with van der Waals surface area (Å²) in [5.41, 5.74) is -0.541. The van der Waals surface area contributed by atoms with E-state index in [-0.39, 0.29) is 12.0 Å². The first-order chi connectivity index (χ1) is 8.26. The number of carbonyl (C=O) groups is 2. The van der Waals surface area contributed by atoms with E-state index in [0.29, 0.717) is 19.5 Å². The summed E-state index contributed by atoms with van der Waals surface area (Å²) in [7, 11) is 0. The van der Waals surface area contributed by atoms with Crippen LogP contribution in [0.5, 0.6) is 0 Å². The summed E-state index contributed by atoms with van der Waals surface area (Å²) < 4.78 is 10.7. The minimum atomic E-state index is -0.950. The summed E-state index contributed by atoms with van der Waals surface area (Å²) in [5.74, 6) is -1.08. The highest BCUT2D eigenvalue weighted by Gasteiger charge is 2.46.